The Balaban J connectivity index is 1.45. The lowest BCUT2D eigenvalue weighted by atomic mass is 10.2. The number of nitrogens with zero attached hydrogens (tertiary/aromatic N) is 8. The maximum Gasteiger partial charge on any atom is 0.248 e. The third-order valence-corrected chi connectivity index (χ3v) is 5.44. The van der Waals surface area contributed by atoms with Gasteiger partial charge in [0.25, 0.3) is 0 Å². The number of nitrogens with one attached hydrogen (secondary N) is 2. The van der Waals surface area contributed by atoms with Crippen LogP contribution in [0.4, 0.5) is 27.9 Å². The summed E-state index contributed by atoms with van der Waals surface area (Å²) in [6.07, 6.45) is 8.70. The number of aromatic nitrogens is 7. The van der Waals surface area contributed by atoms with Crippen LogP contribution >= 0.6 is 0 Å². The number of alkyl halides is 1. The van der Waals surface area contributed by atoms with Gasteiger partial charge >= 0.3 is 0 Å². The Morgan fingerprint density at radius 1 is 1.21 bits per heavy atom. The number of hydrogen-bond donors (Lipinski definition) is 2. The minimum atomic E-state index is -1.19. The molecule has 4 aromatic rings. The topological polar surface area (TPSA) is 118 Å². The summed E-state index contributed by atoms with van der Waals surface area (Å²) in [7, 11) is 0. The molecule has 4 aromatic heterocycles. The number of hydrogen-bond acceptors (Lipinski definition) is 8. The molecule has 1 amide bonds. The van der Waals surface area contributed by atoms with Crippen molar-refractivity contribution < 1.29 is 9.18 Å². The van der Waals surface area contributed by atoms with E-state index < -0.39 is 12.2 Å². The fourth-order valence-electron chi connectivity index (χ4n) is 3.76. The second kappa shape index (κ2) is 8.45. The van der Waals surface area contributed by atoms with E-state index in [1.165, 1.54) is 18.6 Å². The molecule has 1 aliphatic rings. The van der Waals surface area contributed by atoms with Crippen LogP contribution in [0.2, 0.25) is 0 Å². The summed E-state index contributed by atoms with van der Waals surface area (Å²) < 4.78 is 18.2. The Morgan fingerprint density at radius 2 is 2.09 bits per heavy atom. The number of halogens is 1. The van der Waals surface area contributed by atoms with Crippen molar-refractivity contribution in [2.75, 3.05) is 22.1 Å². The van der Waals surface area contributed by atoms with Crippen molar-refractivity contribution in [2.24, 2.45) is 0 Å². The van der Waals surface area contributed by atoms with E-state index in [9.17, 15) is 9.18 Å². The van der Waals surface area contributed by atoms with Crippen LogP contribution in [0.5, 0.6) is 0 Å². The molecule has 11 nitrogen and oxygen atoms in total. The zero-order valence-corrected chi connectivity index (χ0v) is 18.1. The predicted molar refractivity (Wildman–Crippen MR) is 120 cm³/mol. The van der Waals surface area contributed by atoms with Crippen molar-refractivity contribution in [1.82, 2.24) is 33.9 Å². The first kappa shape index (κ1) is 20.8. The molecule has 0 bridgehead atoms. The Kier molecular flexibility index (Phi) is 5.32. The summed E-state index contributed by atoms with van der Waals surface area (Å²) in [6.45, 7) is 4.13. The molecule has 5 rings (SSSR count). The molecule has 170 valence electrons. The lowest BCUT2D eigenvalue weighted by molar-refractivity contribution is -0.117. The molecule has 1 saturated heterocycles. The number of imidazole rings is 1. The van der Waals surface area contributed by atoms with Gasteiger partial charge in [0.05, 0.1) is 19.1 Å². The van der Waals surface area contributed by atoms with E-state index in [4.69, 9.17) is 0 Å². The maximum absolute atomic E-state index is 14.4. The molecule has 5 heterocycles. The Labute approximate surface area is 188 Å². The lowest BCUT2D eigenvalue weighted by Gasteiger charge is -2.24. The van der Waals surface area contributed by atoms with Crippen LogP contribution in [0.1, 0.15) is 26.3 Å². The molecule has 12 heteroatoms. The average Bonchev–Trinajstić information content (AvgIpc) is 3.53. The highest BCUT2D eigenvalue weighted by molar-refractivity contribution is 5.96. The van der Waals surface area contributed by atoms with E-state index >= 15 is 0 Å². The number of carbonyl (C=O) groups excluding carboxylic acids is 1. The normalized spacial score (nSPS) is 18.2. The van der Waals surface area contributed by atoms with Gasteiger partial charge in [0.1, 0.15) is 17.9 Å². The molecule has 2 N–H and O–H groups in total. The van der Waals surface area contributed by atoms with Gasteiger partial charge in [0.2, 0.25) is 17.8 Å². The molecular formula is C21H23FN10O. The van der Waals surface area contributed by atoms with Gasteiger partial charge in [-0.15, -0.1) is 0 Å². The molecule has 33 heavy (non-hydrogen) atoms. The second-order valence-corrected chi connectivity index (χ2v) is 8.09. The van der Waals surface area contributed by atoms with E-state index in [1.807, 2.05) is 29.1 Å². The number of carbonyl (C=O) groups is 1. The lowest BCUT2D eigenvalue weighted by Crippen LogP contribution is -2.41. The van der Waals surface area contributed by atoms with Crippen LogP contribution in [0.15, 0.2) is 49.4 Å². The number of anilines is 4. The third-order valence-electron chi connectivity index (χ3n) is 5.44. The van der Waals surface area contributed by atoms with Crippen LogP contribution in [-0.4, -0.2) is 58.6 Å². The fourth-order valence-corrected chi connectivity index (χ4v) is 3.76. The Morgan fingerprint density at radius 3 is 2.85 bits per heavy atom. The van der Waals surface area contributed by atoms with Crippen LogP contribution in [0.25, 0.3) is 5.65 Å². The number of rotatable bonds is 6. The molecule has 1 aliphatic heterocycles. The molecule has 0 radical (unpaired) electrons. The summed E-state index contributed by atoms with van der Waals surface area (Å²) in [6, 6.07) is 3.14. The predicted octanol–water partition coefficient (Wildman–Crippen LogP) is 2.60. The number of amides is 1. The SMILES string of the molecule is CC(C)n1cnc(Nc2nc(N3C[C@H](F)C[C@H]3C(=O)Nc3cnccn3)nc3cccn23)c1. The van der Waals surface area contributed by atoms with Gasteiger partial charge in [-0.1, -0.05) is 0 Å². The van der Waals surface area contributed by atoms with Crippen LogP contribution < -0.4 is 15.5 Å². The van der Waals surface area contributed by atoms with E-state index in [-0.39, 0.29) is 30.9 Å². The molecule has 0 saturated carbocycles. The molecule has 0 spiro atoms. The van der Waals surface area contributed by atoms with E-state index in [1.54, 1.807) is 15.6 Å². The molecule has 1 fully saturated rings. The third kappa shape index (κ3) is 4.19. The van der Waals surface area contributed by atoms with Crippen molar-refractivity contribution in [2.45, 2.75) is 38.5 Å². The molecular weight excluding hydrogens is 427 g/mol. The van der Waals surface area contributed by atoms with E-state index in [0.717, 1.165) is 0 Å². The van der Waals surface area contributed by atoms with Crippen molar-refractivity contribution in [3.63, 3.8) is 0 Å². The van der Waals surface area contributed by atoms with E-state index in [2.05, 4.69) is 49.4 Å². The van der Waals surface area contributed by atoms with Gasteiger partial charge in [-0.3, -0.25) is 14.2 Å². The van der Waals surface area contributed by atoms with Gasteiger partial charge in [0.15, 0.2) is 11.6 Å². The fraction of sp³-hybridized carbons (Fsp3) is 0.333. The van der Waals surface area contributed by atoms with E-state index in [0.29, 0.717) is 23.2 Å². The standard InChI is InChI=1S/C21H23FN10O/c1-13(2)30-11-17(25-12-30)27-20-29-21(28-18-4-3-7-31(18)20)32-10-14(22)8-15(32)19(33)26-16-9-23-5-6-24-16/h3-7,9,11-15H,8,10H2,1-2H3,(H,24,26,33)(H,27,28,29)/t14-,15+/m1/s1. The van der Waals surface area contributed by atoms with Crippen molar-refractivity contribution in [3.05, 3.63) is 49.4 Å². The zero-order chi connectivity index (χ0) is 22.9. The average molecular weight is 450 g/mol. The van der Waals surface area contributed by atoms with Crippen molar-refractivity contribution >= 4 is 35.1 Å². The summed E-state index contributed by atoms with van der Waals surface area (Å²) in [5.74, 6) is 1.25. The first-order valence-corrected chi connectivity index (χ1v) is 10.6. The van der Waals surface area contributed by atoms with Gasteiger partial charge in [-0.25, -0.2) is 14.4 Å². The van der Waals surface area contributed by atoms with Crippen LogP contribution in [0, 0.1) is 0 Å². The number of fused-ring (bicyclic) bond motifs is 1. The first-order chi connectivity index (χ1) is 16.0. The quantitative estimate of drug-likeness (QED) is 0.460. The second-order valence-electron chi connectivity index (χ2n) is 8.09. The van der Waals surface area contributed by atoms with Crippen molar-refractivity contribution in [3.8, 4) is 0 Å². The molecule has 0 aromatic carbocycles. The first-order valence-electron chi connectivity index (χ1n) is 10.6. The van der Waals surface area contributed by atoms with Crippen LogP contribution in [0.3, 0.4) is 0 Å². The minimum Gasteiger partial charge on any atom is -0.333 e. The van der Waals surface area contributed by atoms with Crippen LogP contribution in [-0.2, 0) is 4.79 Å². The zero-order valence-electron chi connectivity index (χ0n) is 18.1. The summed E-state index contributed by atoms with van der Waals surface area (Å²) >= 11 is 0. The van der Waals surface area contributed by atoms with Gasteiger partial charge < -0.3 is 20.1 Å². The Bertz CT molecular complexity index is 1270. The largest absolute Gasteiger partial charge is 0.333 e. The summed E-state index contributed by atoms with van der Waals surface area (Å²) in [5.41, 5.74) is 0.612. The van der Waals surface area contributed by atoms with Gasteiger partial charge in [-0.05, 0) is 26.0 Å². The smallest absolute Gasteiger partial charge is 0.248 e. The Hall–Kier alpha value is -4.09. The van der Waals surface area contributed by atoms with Crippen molar-refractivity contribution in [1.29, 1.82) is 0 Å². The summed E-state index contributed by atoms with van der Waals surface area (Å²) in [5, 5.41) is 5.90. The molecule has 0 unspecified atom stereocenters. The highest BCUT2D eigenvalue weighted by atomic mass is 19.1. The van der Waals surface area contributed by atoms with Gasteiger partial charge in [0, 0.05) is 37.3 Å². The minimum absolute atomic E-state index is 0.0108. The maximum atomic E-state index is 14.4. The summed E-state index contributed by atoms with van der Waals surface area (Å²) in [4.78, 5) is 36.1. The van der Waals surface area contributed by atoms with Gasteiger partial charge in [-0.2, -0.15) is 9.97 Å². The highest BCUT2D eigenvalue weighted by Crippen LogP contribution is 2.28. The highest BCUT2D eigenvalue weighted by Gasteiger charge is 2.39. The molecule has 2 atom stereocenters. The molecule has 0 aliphatic carbocycles. The monoisotopic (exact) mass is 450 g/mol.